The van der Waals surface area contributed by atoms with E-state index < -0.39 is 5.97 Å². The number of nitrogens with zero attached hydrogens (tertiary/aromatic N) is 1. The van der Waals surface area contributed by atoms with Crippen molar-refractivity contribution in [2.75, 3.05) is 11.5 Å². The fourth-order valence-corrected chi connectivity index (χ4v) is 1.92. The molecule has 1 heterocycles. The van der Waals surface area contributed by atoms with Gasteiger partial charge in [-0.15, -0.1) is 23.1 Å². The standard InChI is InChI=1S/C8H10N2O3S2/c11-7(3-14-4-8(12)13)9-1-6-2-15-5-10-6/h2,5H,1,3-4H2,(H,9,11)(H,12,13). The molecule has 1 aromatic heterocycles. The van der Waals surface area contributed by atoms with Gasteiger partial charge < -0.3 is 10.4 Å². The maximum absolute atomic E-state index is 11.2. The summed E-state index contributed by atoms with van der Waals surface area (Å²) in [6.45, 7) is 0.399. The number of carboxylic acids is 1. The molecule has 0 spiro atoms. The molecule has 0 atom stereocenters. The van der Waals surface area contributed by atoms with Crippen LogP contribution in [0, 0.1) is 0 Å². The molecular weight excluding hydrogens is 236 g/mol. The van der Waals surface area contributed by atoms with Crippen LogP contribution in [0.15, 0.2) is 10.9 Å². The normalized spacial score (nSPS) is 9.87. The Kier molecular flexibility index (Phi) is 5.13. The van der Waals surface area contributed by atoms with E-state index >= 15 is 0 Å². The second kappa shape index (κ2) is 6.41. The van der Waals surface area contributed by atoms with Crippen LogP contribution < -0.4 is 5.32 Å². The Hall–Kier alpha value is -1.08. The lowest BCUT2D eigenvalue weighted by Crippen LogP contribution is -2.25. The smallest absolute Gasteiger partial charge is 0.313 e. The maximum Gasteiger partial charge on any atom is 0.313 e. The Morgan fingerprint density at radius 2 is 2.33 bits per heavy atom. The zero-order chi connectivity index (χ0) is 11.1. The van der Waals surface area contributed by atoms with Gasteiger partial charge in [-0.05, 0) is 0 Å². The van der Waals surface area contributed by atoms with Crippen LogP contribution in [-0.2, 0) is 16.1 Å². The van der Waals surface area contributed by atoms with Crippen molar-refractivity contribution < 1.29 is 14.7 Å². The average Bonchev–Trinajstić information content (AvgIpc) is 2.66. The van der Waals surface area contributed by atoms with Gasteiger partial charge in [-0.25, -0.2) is 4.98 Å². The van der Waals surface area contributed by atoms with Gasteiger partial charge in [-0.3, -0.25) is 9.59 Å². The molecule has 15 heavy (non-hydrogen) atoms. The van der Waals surface area contributed by atoms with Gasteiger partial charge in [0.1, 0.15) is 0 Å². The van der Waals surface area contributed by atoms with E-state index in [0.29, 0.717) is 6.54 Å². The predicted octanol–water partition coefficient (Wildman–Crippen LogP) is 0.577. The molecule has 0 bridgehead atoms. The SMILES string of the molecule is O=C(O)CSCC(=O)NCc1cscn1. The molecule has 1 rings (SSSR count). The van der Waals surface area contributed by atoms with Gasteiger partial charge in [-0.2, -0.15) is 0 Å². The lowest BCUT2D eigenvalue weighted by Gasteiger charge is -2.01. The third kappa shape index (κ3) is 5.38. The first-order chi connectivity index (χ1) is 7.18. The minimum atomic E-state index is -0.910. The number of rotatable bonds is 6. The van der Waals surface area contributed by atoms with Crippen LogP contribution in [-0.4, -0.2) is 33.5 Å². The van der Waals surface area contributed by atoms with E-state index in [1.165, 1.54) is 11.3 Å². The van der Waals surface area contributed by atoms with Crippen LogP contribution in [0.1, 0.15) is 5.69 Å². The van der Waals surface area contributed by atoms with Crippen molar-refractivity contribution in [3.05, 3.63) is 16.6 Å². The van der Waals surface area contributed by atoms with Gasteiger partial charge in [0.25, 0.3) is 0 Å². The maximum atomic E-state index is 11.2. The van der Waals surface area contributed by atoms with Crippen molar-refractivity contribution in [3.8, 4) is 0 Å². The Morgan fingerprint density at radius 1 is 1.53 bits per heavy atom. The van der Waals surface area contributed by atoms with Crippen molar-refractivity contribution in [2.24, 2.45) is 0 Å². The van der Waals surface area contributed by atoms with Crippen molar-refractivity contribution in [1.82, 2.24) is 10.3 Å². The predicted molar refractivity (Wildman–Crippen MR) is 58.9 cm³/mol. The molecule has 82 valence electrons. The second-order valence-corrected chi connectivity index (χ2v) is 4.35. The summed E-state index contributed by atoms with van der Waals surface area (Å²) >= 11 is 2.54. The van der Waals surface area contributed by atoms with E-state index in [9.17, 15) is 9.59 Å². The van der Waals surface area contributed by atoms with Gasteiger partial charge in [0.15, 0.2) is 0 Å². The van der Waals surface area contributed by atoms with Crippen molar-refractivity contribution in [1.29, 1.82) is 0 Å². The lowest BCUT2D eigenvalue weighted by atomic mass is 10.5. The highest BCUT2D eigenvalue weighted by molar-refractivity contribution is 8.00. The molecule has 0 aliphatic carbocycles. The first-order valence-corrected chi connectivity index (χ1v) is 6.21. The van der Waals surface area contributed by atoms with E-state index in [0.717, 1.165) is 17.5 Å². The first-order valence-electron chi connectivity index (χ1n) is 4.12. The molecule has 0 saturated carbocycles. The molecule has 0 aliphatic rings. The molecule has 0 fully saturated rings. The molecule has 7 heteroatoms. The van der Waals surface area contributed by atoms with E-state index in [1.54, 1.807) is 5.51 Å². The number of nitrogens with one attached hydrogen (secondary N) is 1. The fourth-order valence-electron chi connectivity index (χ4n) is 0.796. The highest BCUT2D eigenvalue weighted by Crippen LogP contribution is 2.01. The summed E-state index contributed by atoms with van der Waals surface area (Å²) in [4.78, 5) is 25.3. The molecule has 0 saturated heterocycles. The molecule has 0 aromatic carbocycles. The molecule has 0 unspecified atom stereocenters. The van der Waals surface area contributed by atoms with Crippen LogP contribution in [0.5, 0.6) is 0 Å². The lowest BCUT2D eigenvalue weighted by molar-refractivity contribution is -0.133. The Morgan fingerprint density at radius 3 is 2.93 bits per heavy atom. The number of thiazole rings is 1. The molecule has 2 N–H and O–H groups in total. The molecule has 0 radical (unpaired) electrons. The summed E-state index contributed by atoms with van der Waals surface area (Å²) in [6, 6.07) is 0. The van der Waals surface area contributed by atoms with Gasteiger partial charge in [0.2, 0.25) is 5.91 Å². The van der Waals surface area contributed by atoms with E-state index in [4.69, 9.17) is 5.11 Å². The van der Waals surface area contributed by atoms with Crippen molar-refractivity contribution in [2.45, 2.75) is 6.54 Å². The highest BCUT2D eigenvalue weighted by atomic mass is 32.2. The number of aliphatic carboxylic acids is 1. The second-order valence-electron chi connectivity index (χ2n) is 2.64. The number of aromatic nitrogens is 1. The van der Waals surface area contributed by atoms with Crippen LogP contribution in [0.4, 0.5) is 0 Å². The summed E-state index contributed by atoms with van der Waals surface area (Å²) in [6.07, 6.45) is 0. The summed E-state index contributed by atoms with van der Waals surface area (Å²) in [5, 5.41) is 12.8. The quantitative estimate of drug-likeness (QED) is 0.767. The zero-order valence-corrected chi connectivity index (χ0v) is 9.44. The summed E-state index contributed by atoms with van der Waals surface area (Å²) in [5.41, 5.74) is 2.51. The number of carbonyl (C=O) groups excluding carboxylic acids is 1. The monoisotopic (exact) mass is 246 g/mol. The fraction of sp³-hybridized carbons (Fsp3) is 0.375. The Balaban J connectivity index is 2.11. The van der Waals surface area contributed by atoms with Crippen molar-refractivity contribution >= 4 is 35.0 Å². The van der Waals surface area contributed by atoms with Crippen LogP contribution in [0.25, 0.3) is 0 Å². The van der Waals surface area contributed by atoms with Crippen LogP contribution >= 0.6 is 23.1 Å². The number of carbonyl (C=O) groups is 2. The number of carboxylic acid groups (broad SMARTS) is 1. The largest absolute Gasteiger partial charge is 0.481 e. The van der Waals surface area contributed by atoms with Gasteiger partial charge >= 0.3 is 5.97 Å². The Bertz CT molecular complexity index is 327. The number of hydrogen-bond acceptors (Lipinski definition) is 5. The average molecular weight is 246 g/mol. The molecular formula is C8H10N2O3S2. The summed E-state index contributed by atoms with van der Waals surface area (Å²) < 4.78 is 0. The summed E-state index contributed by atoms with van der Waals surface area (Å²) in [7, 11) is 0. The molecule has 1 aromatic rings. The number of hydrogen-bond donors (Lipinski definition) is 2. The molecule has 0 aliphatic heterocycles. The highest BCUT2D eigenvalue weighted by Gasteiger charge is 2.04. The molecule has 1 amide bonds. The van der Waals surface area contributed by atoms with Gasteiger partial charge in [0, 0.05) is 5.38 Å². The topological polar surface area (TPSA) is 79.3 Å². The van der Waals surface area contributed by atoms with E-state index in [-0.39, 0.29) is 17.4 Å². The third-order valence-corrected chi connectivity index (χ3v) is 2.96. The van der Waals surface area contributed by atoms with Crippen LogP contribution in [0.2, 0.25) is 0 Å². The Labute approximate surface area is 94.9 Å². The van der Waals surface area contributed by atoms with Crippen LogP contribution in [0.3, 0.4) is 0 Å². The minimum Gasteiger partial charge on any atom is -0.481 e. The van der Waals surface area contributed by atoms with Crippen molar-refractivity contribution in [3.63, 3.8) is 0 Å². The first kappa shape index (κ1) is 12.0. The van der Waals surface area contributed by atoms with E-state index in [1.807, 2.05) is 5.38 Å². The number of thioether (sulfide) groups is 1. The number of amides is 1. The third-order valence-electron chi connectivity index (χ3n) is 1.41. The van der Waals surface area contributed by atoms with Gasteiger partial charge in [-0.1, -0.05) is 0 Å². The molecule has 5 nitrogen and oxygen atoms in total. The zero-order valence-electron chi connectivity index (χ0n) is 7.80. The van der Waals surface area contributed by atoms with Gasteiger partial charge in [0.05, 0.1) is 29.3 Å². The minimum absolute atomic E-state index is 0.0515. The summed E-state index contributed by atoms with van der Waals surface area (Å²) in [5.74, 6) is -0.970. The van der Waals surface area contributed by atoms with E-state index in [2.05, 4.69) is 10.3 Å².